The number of aryl methyl sites for hydroxylation is 2. The molecular formula is C16H14ClFO. The van der Waals surface area contributed by atoms with Crippen molar-refractivity contribution in [1.82, 2.24) is 0 Å². The number of hydrogen-bond acceptors (Lipinski definition) is 1. The zero-order chi connectivity index (χ0) is 14.0. The molecule has 19 heavy (non-hydrogen) atoms. The topological polar surface area (TPSA) is 17.1 Å². The fourth-order valence-electron chi connectivity index (χ4n) is 1.97. The van der Waals surface area contributed by atoms with Crippen LogP contribution in [0.2, 0.25) is 5.02 Å². The molecule has 0 aliphatic carbocycles. The quantitative estimate of drug-likeness (QED) is 0.753. The molecular weight excluding hydrogens is 263 g/mol. The zero-order valence-corrected chi connectivity index (χ0v) is 11.6. The van der Waals surface area contributed by atoms with Gasteiger partial charge in [0.2, 0.25) is 0 Å². The van der Waals surface area contributed by atoms with E-state index in [0.29, 0.717) is 5.56 Å². The van der Waals surface area contributed by atoms with Crippen LogP contribution in [0.25, 0.3) is 0 Å². The molecule has 2 aromatic rings. The summed E-state index contributed by atoms with van der Waals surface area (Å²) in [5.41, 5.74) is 3.42. The van der Waals surface area contributed by atoms with Gasteiger partial charge in [0, 0.05) is 12.0 Å². The summed E-state index contributed by atoms with van der Waals surface area (Å²) in [5.74, 6) is -0.450. The molecule has 0 radical (unpaired) electrons. The van der Waals surface area contributed by atoms with E-state index in [2.05, 4.69) is 0 Å². The van der Waals surface area contributed by atoms with Crippen molar-refractivity contribution in [3.05, 3.63) is 69.5 Å². The van der Waals surface area contributed by atoms with Crippen LogP contribution in [0.3, 0.4) is 0 Å². The number of Topliss-reactive ketones (excluding diaryl/α,β-unsaturated/α-hetero) is 1. The SMILES string of the molecule is Cc1ccc(C)c(C(=O)Cc2ccc(F)c(Cl)c2)c1. The van der Waals surface area contributed by atoms with Gasteiger partial charge in [-0.05, 0) is 43.2 Å². The van der Waals surface area contributed by atoms with Crippen molar-refractivity contribution < 1.29 is 9.18 Å². The lowest BCUT2D eigenvalue weighted by molar-refractivity contribution is 0.0992. The van der Waals surface area contributed by atoms with E-state index in [4.69, 9.17) is 11.6 Å². The first-order valence-electron chi connectivity index (χ1n) is 6.02. The molecule has 1 nitrogen and oxygen atoms in total. The van der Waals surface area contributed by atoms with Crippen LogP contribution < -0.4 is 0 Å². The summed E-state index contributed by atoms with van der Waals surface area (Å²) in [5, 5.41) is 0.0475. The summed E-state index contributed by atoms with van der Waals surface area (Å²) in [6.07, 6.45) is 0.226. The highest BCUT2D eigenvalue weighted by Gasteiger charge is 2.11. The van der Waals surface area contributed by atoms with Crippen LogP contribution in [0.1, 0.15) is 27.0 Å². The maximum absolute atomic E-state index is 13.1. The number of halogens is 2. The van der Waals surface area contributed by atoms with E-state index in [1.54, 1.807) is 6.07 Å². The zero-order valence-electron chi connectivity index (χ0n) is 10.8. The largest absolute Gasteiger partial charge is 0.294 e. The van der Waals surface area contributed by atoms with Crippen molar-refractivity contribution >= 4 is 17.4 Å². The van der Waals surface area contributed by atoms with Crippen LogP contribution in [0, 0.1) is 19.7 Å². The van der Waals surface area contributed by atoms with Crippen molar-refractivity contribution in [3.8, 4) is 0 Å². The lowest BCUT2D eigenvalue weighted by Gasteiger charge is -2.07. The van der Waals surface area contributed by atoms with Gasteiger partial charge in [-0.15, -0.1) is 0 Å². The van der Waals surface area contributed by atoms with Gasteiger partial charge in [-0.3, -0.25) is 4.79 Å². The first-order chi connectivity index (χ1) is 8.97. The van der Waals surface area contributed by atoms with Crippen molar-refractivity contribution in [2.45, 2.75) is 20.3 Å². The second kappa shape index (κ2) is 5.54. The van der Waals surface area contributed by atoms with Gasteiger partial charge in [-0.1, -0.05) is 35.4 Å². The molecule has 0 aliphatic heterocycles. The lowest BCUT2D eigenvalue weighted by atomic mass is 9.97. The van der Waals surface area contributed by atoms with E-state index in [9.17, 15) is 9.18 Å². The Labute approximate surface area is 117 Å². The maximum atomic E-state index is 13.1. The molecule has 0 saturated carbocycles. The van der Waals surface area contributed by atoms with Gasteiger partial charge in [0.05, 0.1) is 5.02 Å². The van der Waals surface area contributed by atoms with Crippen LogP contribution in [-0.4, -0.2) is 5.78 Å². The molecule has 2 rings (SSSR count). The summed E-state index contributed by atoms with van der Waals surface area (Å²) in [7, 11) is 0. The minimum atomic E-state index is -0.468. The predicted octanol–water partition coefficient (Wildman–Crippen LogP) is 4.52. The summed E-state index contributed by atoms with van der Waals surface area (Å²) < 4.78 is 13.1. The third-order valence-electron chi connectivity index (χ3n) is 3.04. The van der Waals surface area contributed by atoms with Crippen LogP contribution in [-0.2, 0) is 6.42 Å². The number of carbonyl (C=O) groups is 1. The molecule has 98 valence electrons. The van der Waals surface area contributed by atoms with Gasteiger partial charge in [-0.25, -0.2) is 4.39 Å². The Morgan fingerprint density at radius 2 is 1.89 bits per heavy atom. The van der Waals surface area contributed by atoms with E-state index in [1.807, 2.05) is 32.0 Å². The van der Waals surface area contributed by atoms with Crippen LogP contribution in [0.15, 0.2) is 36.4 Å². The van der Waals surface area contributed by atoms with E-state index in [0.717, 1.165) is 16.7 Å². The van der Waals surface area contributed by atoms with E-state index < -0.39 is 5.82 Å². The average molecular weight is 277 g/mol. The van der Waals surface area contributed by atoms with E-state index in [-0.39, 0.29) is 17.2 Å². The van der Waals surface area contributed by atoms with E-state index in [1.165, 1.54) is 12.1 Å². The summed E-state index contributed by atoms with van der Waals surface area (Å²) in [6, 6.07) is 10.2. The maximum Gasteiger partial charge on any atom is 0.167 e. The minimum Gasteiger partial charge on any atom is -0.294 e. The standard InChI is InChI=1S/C16H14ClFO/c1-10-3-4-11(2)13(7-10)16(19)9-12-5-6-15(18)14(17)8-12/h3-8H,9H2,1-2H3. The third kappa shape index (κ3) is 3.21. The van der Waals surface area contributed by atoms with Crippen molar-refractivity contribution in [2.75, 3.05) is 0 Å². The van der Waals surface area contributed by atoms with Gasteiger partial charge >= 0.3 is 0 Å². The highest BCUT2D eigenvalue weighted by Crippen LogP contribution is 2.19. The molecule has 0 heterocycles. The van der Waals surface area contributed by atoms with Crippen LogP contribution in [0.4, 0.5) is 4.39 Å². The molecule has 2 aromatic carbocycles. The summed E-state index contributed by atoms with van der Waals surface area (Å²) >= 11 is 5.71. The van der Waals surface area contributed by atoms with Gasteiger partial charge in [0.1, 0.15) is 5.82 Å². The van der Waals surface area contributed by atoms with E-state index >= 15 is 0 Å². The molecule has 0 aromatic heterocycles. The number of rotatable bonds is 3. The average Bonchev–Trinajstić information content (AvgIpc) is 2.36. The van der Waals surface area contributed by atoms with Gasteiger partial charge in [0.15, 0.2) is 5.78 Å². The Kier molecular flexibility index (Phi) is 4.01. The Morgan fingerprint density at radius 3 is 2.58 bits per heavy atom. The fourth-order valence-corrected chi connectivity index (χ4v) is 2.17. The Balaban J connectivity index is 2.25. The molecule has 0 unspecified atom stereocenters. The van der Waals surface area contributed by atoms with Gasteiger partial charge < -0.3 is 0 Å². The third-order valence-corrected chi connectivity index (χ3v) is 3.33. The fraction of sp³-hybridized carbons (Fsp3) is 0.188. The lowest BCUT2D eigenvalue weighted by Crippen LogP contribution is -2.06. The molecule has 0 atom stereocenters. The monoisotopic (exact) mass is 276 g/mol. The number of hydrogen-bond donors (Lipinski definition) is 0. The highest BCUT2D eigenvalue weighted by molar-refractivity contribution is 6.30. The van der Waals surface area contributed by atoms with Crippen molar-refractivity contribution in [3.63, 3.8) is 0 Å². The molecule has 0 spiro atoms. The molecule has 3 heteroatoms. The van der Waals surface area contributed by atoms with Crippen molar-refractivity contribution in [2.24, 2.45) is 0 Å². The Morgan fingerprint density at radius 1 is 1.16 bits per heavy atom. The smallest absolute Gasteiger partial charge is 0.167 e. The summed E-state index contributed by atoms with van der Waals surface area (Å²) in [6.45, 7) is 3.86. The molecule has 0 saturated heterocycles. The number of benzene rings is 2. The van der Waals surface area contributed by atoms with Gasteiger partial charge in [0.25, 0.3) is 0 Å². The second-order valence-electron chi connectivity index (χ2n) is 4.67. The number of carbonyl (C=O) groups excluding carboxylic acids is 1. The minimum absolute atomic E-state index is 0.0175. The first-order valence-corrected chi connectivity index (χ1v) is 6.39. The molecule has 0 aliphatic rings. The first kappa shape index (κ1) is 13.8. The predicted molar refractivity (Wildman–Crippen MR) is 75.4 cm³/mol. The molecule has 0 fully saturated rings. The number of ketones is 1. The normalized spacial score (nSPS) is 10.5. The van der Waals surface area contributed by atoms with Crippen LogP contribution in [0.5, 0.6) is 0 Å². The summed E-state index contributed by atoms with van der Waals surface area (Å²) in [4.78, 5) is 12.2. The molecule has 0 N–H and O–H groups in total. The van der Waals surface area contributed by atoms with Crippen LogP contribution >= 0.6 is 11.6 Å². The highest BCUT2D eigenvalue weighted by atomic mass is 35.5. The Bertz CT molecular complexity index is 635. The van der Waals surface area contributed by atoms with Crippen molar-refractivity contribution in [1.29, 1.82) is 0 Å². The van der Waals surface area contributed by atoms with Gasteiger partial charge in [-0.2, -0.15) is 0 Å². The second-order valence-corrected chi connectivity index (χ2v) is 5.07. The molecule has 0 amide bonds. The molecule has 0 bridgehead atoms. The Hall–Kier alpha value is -1.67.